The van der Waals surface area contributed by atoms with Gasteiger partial charge < -0.3 is 20.2 Å². The van der Waals surface area contributed by atoms with Crippen molar-refractivity contribution in [1.82, 2.24) is 5.32 Å². The highest BCUT2D eigenvalue weighted by molar-refractivity contribution is 5.92. The van der Waals surface area contributed by atoms with Crippen LogP contribution in [0.2, 0.25) is 0 Å². The van der Waals surface area contributed by atoms with E-state index in [4.69, 9.17) is 14.9 Å². The summed E-state index contributed by atoms with van der Waals surface area (Å²) in [6.07, 6.45) is 0.919. The first-order valence-corrected chi connectivity index (χ1v) is 8.02. The zero-order chi connectivity index (χ0) is 17.9. The first-order valence-electron chi connectivity index (χ1n) is 8.02. The smallest absolute Gasteiger partial charge is 0.287 e. The quantitative estimate of drug-likeness (QED) is 0.867. The third-order valence-corrected chi connectivity index (χ3v) is 4.53. The zero-order valence-corrected chi connectivity index (χ0v) is 13.6. The number of primary amides is 1. The normalized spacial score (nSPS) is 16.4. The molecule has 0 spiro atoms. The molecule has 0 aliphatic carbocycles. The van der Waals surface area contributed by atoms with Crippen molar-refractivity contribution in [3.05, 3.63) is 48.0 Å². The summed E-state index contributed by atoms with van der Waals surface area (Å²) < 4.78 is 24.5. The lowest BCUT2D eigenvalue weighted by Crippen LogP contribution is -2.49. The monoisotopic (exact) mass is 346 g/mol. The van der Waals surface area contributed by atoms with E-state index < -0.39 is 23.0 Å². The number of nitrogens with two attached hydrogens (primary N) is 1. The third kappa shape index (κ3) is 3.56. The molecule has 0 radical (unpaired) electrons. The van der Waals surface area contributed by atoms with Gasteiger partial charge in [-0.05, 0) is 37.1 Å². The maximum absolute atomic E-state index is 13.8. The molecule has 7 heteroatoms. The summed E-state index contributed by atoms with van der Waals surface area (Å²) >= 11 is 0. The van der Waals surface area contributed by atoms with Gasteiger partial charge in [0.05, 0.1) is 11.0 Å². The van der Waals surface area contributed by atoms with Crippen molar-refractivity contribution in [2.45, 2.75) is 12.8 Å². The van der Waals surface area contributed by atoms with Crippen LogP contribution in [0.4, 0.5) is 4.39 Å². The fourth-order valence-electron chi connectivity index (χ4n) is 2.87. The van der Waals surface area contributed by atoms with Gasteiger partial charge in [0, 0.05) is 19.8 Å². The topological polar surface area (TPSA) is 94.6 Å². The van der Waals surface area contributed by atoms with Crippen LogP contribution < -0.4 is 11.1 Å². The van der Waals surface area contributed by atoms with Crippen molar-refractivity contribution in [1.29, 1.82) is 0 Å². The summed E-state index contributed by atoms with van der Waals surface area (Å²) in [7, 11) is 0. The average molecular weight is 346 g/mol. The number of hydrogen-bond acceptors (Lipinski definition) is 4. The molecule has 1 aromatic carbocycles. The Hall–Kier alpha value is -2.67. The number of benzene rings is 1. The molecular formula is C18H19FN2O4. The Morgan fingerprint density at radius 3 is 2.56 bits per heavy atom. The van der Waals surface area contributed by atoms with Crippen LogP contribution in [0.15, 0.2) is 40.8 Å². The largest absolute Gasteiger partial charge is 0.451 e. The van der Waals surface area contributed by atoms with Crippen molar-refractivity contribution in [3.63, 3.8) is 0 Å². The average Bonchev–Trinajstić information content (AvgIpc) is 3.10. The molecule has 1 fully saturated rings. The number of amides is 2. The predicted octanol–water partition coefficient (Wildman–Crippen LogP) is 2.10. The Morgan fingerprint density at radius 2 is 1.88 bits per heavy atom. The van der Waals surface area contributed by atoms with Crippen LogP contribution in [0, 0.1) is 11.2 Å². The van der Waals surface area contributed by atoms with Crippen LogP contribution >= 0.6 is 0 Å². The Morgan fingerprint density at radius 1 is 1.16 bits per heavy atom. The number of carbonyl (C=O) groups is 2. The van der Waals surface area contributed by atoms with E-state index >= 15 is 0 Å². The molecule has 2 aromatic rings. The van der Waals surface area contributed by atoms with Crippen LogP contribution in [0.3, 0.4) is 0 Å². The van der Waals surface area contributed by atoms with Crippen LogP contribution in [0.25, 0.3) is 11.3 Å². The minimum absolute atomic E-state index is 0.0462. The molecule has 0 atom stereocenters. The molecule has 3 rings (SSSR count). The maximum atomic E-state index is 13.8. The van der Waals surface area contributed by atoms with E-state index in [1.165, 1.54) is 18.2 Å². The number of carbonyl (C=O) groups excluding carboxylic acids is 2. The summed E-state index contributed by atoms with van der Waals surface area (Å²) in [6.45, 7) is 0.967. The van der Waals surface area contributed by atoms with E-state index in [9.17, 15) is 14.0 Å². The van der Waals surface area contributed by atoms with Crippen LogP contribution in [0.1, 0.15) is 23.4 Å². The molecule has 0 unspecified atom stereocenters. The molecule has 1 aromatic heterocycles. The van der Waals surface area contributed by atoms with Crippen molar-refractivity contribution in [3.8, 4) is 11.3 Å². The van der Waals surface area contributed by atoms with E-state index in [0.717, 1.165) is 0 Å². The zero-order valence-electron chi connectivity index (χ0n) is 13.6. The second-order valence-corrected chi connectivity index (χ2v) is 6.08. The lowest BCUT2D eigenvalue weighted by atomic mass is 9.79. The van der Waals surface area contributed by atoms with E-state index in [1.807, 2.05) is 0 Å². The Labute approximate surface area is 144 Å². The molecule has 1 saturated heterocycles. The van der Waals surface area contributed by atoms with Gasteiger partial charge in [0.2, 0.25) is 5.91 Å². The fourth-order valence-corrected chi connectivity index (χ4v) is 2.87. The summed E-state index contributed by atoms with van der Waals surface area (Å²) in [6, 6.07) is 9.15. The Bertz CT molecular complexity index is 781. The highest BCUT2D eigenvalue weighted by atomic mass is 19.1. The molecule has 6 nitrogen and oxygen atoms in total. The number of rotatable bonds is 5. The molecule has 0 bridgehead atoms. The van der Waals surface area contributed by atoms with Gasteiger partial charge in [0.1, 0.15) is 11.6 Å². The van der Waals surface area contributed by atoms with E-state index in [0.29, 0.717) is 26.1 Å². The summed E-state index contributed by atoms with van der Waals surface area (Å²) in [5, 5.41) is 2.69. The van der Waals surface area contributed by atoms with Gasteiger partial charge in [-0.3, -0.25) is 9.59 Å². The summed E-state index contributed by atoms with van der Waals surface area (Å²) in [5.41, 5.74) is 4.98. The molecule has 2 amide bonds. The van der Waals surface area contributed by atoms with Crippen LogP contribution in [0.5, 0.6) is 0 Å². The molecule has 1 aliphatic heterocycles. The van der Waals surface area contributed by atoms with E-state index in [1.54, 1.807) is 18.2 Å². The minimum Gasteiger partial charge on any atom is -0.451 e. The van der Waals surface area contributed by atoms with Crippen molar-refractivity contribution < 1.29 is 23.1 Å². The predicted molar refractivity (Wildman–Crippen MR) is 88.1 cm³/mol. The van der Waals surface area contributed by atoms with Gasteiger partial charge in [0.15, 0.2) is 5.76 Å². The lowest BCUT2D eigenvalue weighted by Gasteiger charge is -2.34. The number of ether oxygens (including phenoxy) is 1. The lowest BCUT2D eigenvalue weighted by molar-refractivity contribution is -0.132. The van der Waals surface area contributed by atoms with Gasteiger partial charge in [-0.2, -0.15) is 0 Å². The minimum atomic E-state index is -0.811. The number of hydrogen-bond donors (Lipinski definition) is 2. The standard InChI is InChI=1S/C18H19FN2O4/c19-13-4-2-1-3-12(13)14-5-6-15(25-14)16(22)21-11-18(17(20)23)7-9-24-10-8-18/h1-6H,7-11H2,(H2,20,23)(H,21,22). The summed E-state index contributed by atoms with van der Waals surface area (Å²) in [4.78, 5) is 24.1. The van der Waals surface area contributed by atoms with E-state index in [2.05, 4.69) is 5.32 Å². The molecule has 0 saturated carbocycles. The molecule has 2 heterocycles. The molecule has 3 N–H and O–H groups in total. The number of nitrogens with one attached hydrogen (secondary N) is 1. The SMILES string of the molecule is NC(=O)C1(CNC(=O)c2ccc(-c3ccccc3F)o2)CCOCC1. The van der Waals surface area contributed by atoms with E-state index in [-0.39, 0.29) is 23.6 Å². The number of halogens is 1. The van der Waals surface area contributed by atoms with Crippen molar-refractivity contribution >= 4 is 11.8 Å². The second kappa shape index (κ2) is 7.06. The third-order valence-electron chi connectivity index (χ3n) is 4.53. The van der Waals surface area contributed by atoms with Crippen molar-refractivity contribution in [2.24, 2.45) is 11.1 Å². The van der Waals surface area contributed by atoms with Gasteiger partial charge in [-0.1, -0.05) is 12.1 Å². The first kappa shape index (κ1) is 17.2. The maximum Gasteiger partial charge on any atom is 0.287 e. The highest BCUT2D eigenvalue weighted by Crippen LogP contribution is 2.30. The molecule has 1 aliphatic rings. The summed E-state index contributed by atoms with van der Waals surface area (Å²) in [5.74, 6) is -1.06. The van der Waals surface area contributed by atoms with Gasteiger partial charge >= 0.3 is 0 Å². The second-order valence-electron chi connectivity index (χ2n) is 6.08. The van der Waals surface area contributed by atoms with Crippen LogP contribution in [-0.2, 0) is 9.53 Å². The van der Waals surface area contributed by atoms with Crippen LogP contribution in [-0.4, -0.2) is 31.6 Å². The highest BCUT2D eigenvalue weighted by Gasteiger charge is 2.38. The Kier molecular flexibility index (Phi) is 4.85. The molecule has 132 valence electrons. The fraction of sp³-hybridized carbons (Fsp3) is 0.333. The number of furan rings is 1. The van der Waals surface area contributed by atoms with Crippen molar-refractivity contribution in [2.75, 3.05) is 19.8 Å². The van der Waals surface area contributed by atoms with Gasteiger partial charge in [-0.15, -0.1) is 0 Å². The first-order chi connectivity index (χ1) is 12.0. The van der Waals surface area contributed by atoms with Gasteiger partial charge in [0.25, 0.3) is 5.91 Å². The molecular weight excluding hydrogens is 327 g/mol. The van der Waals surface area contributed by atoms with Gasteiger partial charge in [-0.25, -0.2) is 4.39 Å². The molecule has 25 heavy (non-hydrogen) atoms. The Balaban J connectivity index is 1.70.